The summed E-state index contributed by atoms with van der Waals surface area (Å²) in [6, 6.07) is -4.61. The van der Waals surface area contributed by atoms with E-state index in [-0.39, 0.29) is 12.3 Å². The molecule has 12 unspecified atom stereocenters. The van der Waals surface area contributed by atoms with Crippen molar-refractivity contribution in [3.63, 3.8) is 0 Å². The van der Waals surface area contributed by atoms with Gasteiger partial charge in [0.1, 0.15) is 140 Å². The van der Waals surface area contributed by atoms with Crippen molar-refractivity contribution in [3.8, 4) is 0 Å². The molecule has 3 amide bonds. The third-order valence-corrected chi connectivity index (χ3v) is 24.2. The molecule has 6 heterocycles. The Bertz CT molecular complexity index is 2940. The van der Waals surface area contributed by atoms with E-state index < -0.39 is 272 Å². The van der Waals surface area contributed by atoms with Crippen LogP contribution in [0.3, 0.4) is 0 Å². The summed E-state index contributed by atoms with van der Waals surface area (Å²) >= 11 is 0. The van der Waals surface area contributed by atoms with Gasteiger partial charge in [-0.3, -0.25) is 14.4 Å². The summed E-state index contributed by atoms with van der Waals surface area (Å²) in [5.41, 5.74) is 0. The van der Waals surface area contributed by atoms with Crippen LogP contribution in [0.5, 0.6) is 0 Å². The smallest absolute Gasteiger partial charge is 0.364 e. The van der Waals surface area contributed by atoms with E-state index in [9.17, 15) is 121 Å². The number of nitrogens with one attached hydrogen (secondary N) is 3. The van der Waals surface area contributed by atoms with Gasteiger partial charge in [-0.05, 0) is 19.3 Å². The molecule has 39 heteroatoms. The van der Waals surface area contributed by atoms with Crippen LogP contribution in [-0.4, -0.2) is 374 Å². The second-order valence-corrected chi connectivity index (χ2v) is 34.2. The maximum atomic E-state index is 13.6. The van der Waals surface area contributed by atoms with Gasteiger partial charge < -0.3 is 175 Å². The van der Waals surface area contributed by atoms with Crippen molar-refractivity contribution >= 4 is 23.7 Å². The lowest BCUT2D eigenvalue weighted by molar-refractivity contribution is -0.389. The second-order valence-electron chi connectivity index (χ2n) is 34.2. The largest absolute Gasteiger partial charge is 0.477 e. The van der Waals surface area contributed by atoms with Crippen LogP contribution in [0.25, 0.3) is 0 Å². The predicted octanol–water partition coefficient (Wildman–Crippen LogP) is -0.878. The van der Waals surface area contributed by atoms with Gasteiger partial charge in [0.05, 0.1) is 70.5 Å². The van der Waals surface area contributed by atoms with Gasteiger partial charge in [-0.15, -0.1) is 0 Å². The molecule has 0 spiro atoms. The van der Waals surface area contributed by atoms with Gasteiger partial charge in [-0.25, -0.2) is 4.79 Å². The normalized spacial score (nSPS) is 35.2. The van der Waals surface area contributed by atoms with Crippen LogP contribution in [0.1, 0.15) is 252 Å². The van der Waals surface area contributed by atoms with Crippen molar-refractivity contribution in [1.29, 1.82) is 0 Å². The quantitative estimate of drug-likeness (QED) is 0.0260. The predicted molar refractivity (Wildman–Crippen MR) is 439 cm³/mol. The van der Waals surface area contributed by atoms with Crippen molar-refractivity contribution in [2.75, 3.05) is 46.2 Å². The fourth-order valence-electron chi connectivity index (χ4n) is 16.7. The topological polar surface area (TPSA) is 620 Å². The first-order valence-electron chi connectivity index (χ1n) is 45.6. The van der Waals surface area contributed by atoms with Crippen LogP contribution in [0.2, 0.25) is 0 Å². The lowest BCUT2D eigenvalue weighted by Crippen LogP contribution is -2.70. The SMILES string of the molecule is CCCCCCCCCCCCC/C=C/[C@@H](O)[C@H](CO[C@@H]1OC(CO)[C@@H](O[C@@H]2OC(CO)[C@H](O[C@@H]3OC(CO)[C@H](O)[C@H](O[C@@H]4OC(CO)[C@H](O)[C@H](O[C@@H]5OC(CO[C@]6(C(=O)O)CC(O)[C@@H](NC(C)=O)C([C@H](O)[C@H](O)CO)O6)[C@H](O)[C@H](O)C5O)C4NC(C)=O)C3O)[C@H](O)C2O)[C@H](O)C1O)NC(=O)CCCCCCCCCCCCCCCCCCCCCCC. The van der Waals surface area contributed by atoms with E-state index >= 15 is 0 Å². The Kier molecular flexibility index (Phi) is 51.3. The number of allylic oxidation sites excluding steroid dienone is 1. The average Bonchev–Trinajstić information content (AvgIpc) is 0.769. The average molecular weight is 1790 g/mol. The van der Waals surface area contributed by atoms with Gasteiger partial charge in [0.25, 0.3) is 5.79 Å². The zero-order valence-corrected chi connectivity index (χ0v) is 72.8. The number of aliphatic hydroxyl groups excluding tert-OH is 19. The molecule has 0 saturated carbocycles. The number of carboxylic acid groups (broad SMARTS) is 1. The summed E-state index contributed by atoms with van der Waals surface area (Å²) in [5, 5.41) is 230. The maximum Gasteiger partial charge on any atom is 0.364 e. The number of amides is 3. The fraction of sp³-hybridized carbons (Fsp3) is 0.929. The molecule has 0 aromatic carbocycles. The third-order valence-electron chi connectivity index (χ3n) is 24.2. The number of aliphatic carboxylic acids is 1. The Balaban J connectivity index is 1.06. The summed E-state index contributed by atoms with van der Waals surface area (Å²) in [5.74, 6) is -7.11. The number of carbonyl (C=O) groups excluding carboxylic acids is 3. The molecule has 724 valence electrons. The van der Waals surface area contributed by atoms with Gasteiger partial charge in [-0.2, -0.15) is 0 Å². The van der Waals surface area contributed by atoms with Crippen LogP contribution in [0.15, 0.2) is 12.2 Å². The minimum absolute atomic E-state index is 0.170. The van der Waals surface area contributed by atoms with Crippen molar-refractivity contribution in [1.82, 2.24) is 16.0 Å². The fourth-order valence-corrected chi connectivity index (χ4v) is 16.7. The van der Waals surface area contributed by atoms with Gasteiger partial charge in [0, 0.05) is 26.7 Å². The van der Waals surface area contributed by atoms with E-state index in [4.69, 9.17) is 56.8 Å². The Morgan fingerprint density at radius 3 is 1.27 bits per heavy atom. The molecule has 0 aromatic rings. The number of hydrogen-bond acceptors (Lipinski definition) is 35. The first-order valence-corrected chi connectivity index (χ1v) is 45.6. The van der Waals surface area contributed by atoms with E-state index in [1.807, 2.05) is 6.08 Å². The minimum atomic E-state index is -3.03. The lowest BCUT2D eigenvalue weighted by Gasteiger charge is -2.50. The monoisotopic (exact) mass is 1790 g/mol. The highest BCUT2D eigenvalue weighted by atomic mass is 16.8. The molecule has 39 nitrogen and oxygen atoms in total. The molecule has 6 aliphatic rings. The molecular formula is C85H153N3O36. The van der Waals surface area contributed by atoms with Crippen LogP contribution in [0, 0.1) is 0 Å². The van der Waals surface area contributed by atoms with E-state index in [1.165, 1.54) is 148 Å². The maximum absolute atomic E-state index is 13.6. The number of hydrogen-bond donors (Lipinski definition) is 23. The van der Waals surface area contributed by atoms with E-state index in [0.29, 0.717) is 12.8 Å². The van der Waals surface area contributed by atoms with E-state index in [0.717, 1.165) is 65.2 Å². The van der Waals surface area contributed by atoms with Crippen molar-refractivity contribution in [2.45, 2.75) is 454 Å². The molecule has 0 bridgehead atoms. The van der Waals surface area contributed by atoms with Gasteiger partial charge in [0.2, 0.25) is 17.7 Å². The molecule has 6 aliphatic heterocycles. The first-order chi connectivity index (χ1) is 59.5. The number of unbranched alkanes of at least 4 members (excludes halogenated alkanes) is 31. The summed E-state index contributed by atoms with van der Waals surface area (Å²) in [7, 11) is 0. The molecule has 6 rings (SSSR count). The Labute approximate surface area is 727 Å². The summed E-state index contributed by atoms with van der Waals surface area (Å²) in [6.07, 6.45) is -16.9. The molecular weight excluding hydrogens is 1640 g/mol. The zero-order valence-electron chi connectivity index (χ0n) is 72.8. The summed E-state index contributed by atoms with van der Waals surface area (Å²) in [4.78, 5) is 51.7. The van der Waals surface area contributed by atoms with E-state index in [2.05, 4.69) is 29.8 Å². The van der Waals surface area contributed by atoms with Crippen molar-refractivity contribution < 1.29 is 178 Å². The first kappa shape index (κ1) is 109. The number of carboxylic acids is 1. The lowest BCUT2D eigenvalue weighted by atomic mass is 9.88. The third kappa shape index (κ3) is 33.9. The summed E-state index contributed by atoms with van der Waals surface area (Å²) < 4.78 is 70.4. The zero-order chi connectivity index (χ0) is 91.0. The standard InChI is InChI=1S/C85H153N3O36/c1-5-7-9-11-13-15-17-19-20-21-22-23-24-25-26-28-30-32-34-36-38-40-60(99)88-51(52(96)39-37-35-33-31-29-27-18-16-14-12-10-8-6-2)47-113-80-71(108)68(105)74(57(45-92)117-80)120-82-72(109)69(106)75(58(46-93)118-82)121-83-73(110)78(66(103)56(44-91)116-83)123-79-62(87-50(4)95)76(65(102)55(43-90)115-79)122-81-70(107)67(104)64(101)59(119-81)48-114-85(84(111)112)41-53(97)61(86-49(3)94)77(124-85)63(100)54(98)42-89/h37,39,51-59,61-83,89-93,96-98,100-110H,5-36,38,40-48H2,1-4H3,(H,86,94)(H,87,95)(H,88,99)(H,111,112)/b39-37+/t51-,52+,53?,54+,55?,56?,57?,58?,59?,61+,62?,63+,64-,65-,66-,67-,68+,69+,70?,71?,72?,73?,74+,75-,76+,77?,78-,79-,80+,81-,82-,83-,85+/m0/s1. The molecule has 124 heavy (non-hydrogen) atoms. The van der Waals surface area contributed by atoms with Crippen LogP contribution in [0.4, 0.5) is 0 Å². The highest BCUT2D eigenvalue weighted by Gasteiger charge is 2.60. The van der Waals surface area contributed by atoms with Crippen molar-refractivity contribution in [2.24, 2.45) is 0 Å². The second kappa shape index (κ2) is 58.3. The Morgan fingerprint density at radius 2 is 0.815 bits per heavy atom. The van der Waals surface area contributed by atoms with Crippen LogP contribution < -0.4 is 16.0 Å². The number of rotatable bonds is 61. The van der Waals surface area contributed by atoms with Gasteiger partial charge in [0.15, 0.2) is 31.5 Å². The molecule has 33 atom stereocenters. The van der Waals surface area contributed by atoms with Crippen LogP contribution >= 0.6 is 0 Å². The highest BCUT2D eigenvalue weighted by molar-refractivity contribution is 5.77. The number of carbonyl (C=O) groups is 4. The summed E-state index contributed by atoms with van der Waals surface area (Å²) in [6.45, 7) is -0.516. The minimum Gasteiger partial charge on any atom is -0.477 e. The molecule has 23 N–H and O–H groups in total. The number of aliphatic hydroxyl groups is 19. The molecule has 6 saturated heterocycles. The number of ether oxygens (including phenoxy) is 12. The Hall–Kier alpha value is -3.62. The van der Waals surface area contributed by atoms with Crippen LogP contribution in [-0.2, 0) is 76.0 Å². The highest BCUT2D eigenvalue weighted by Crippen LogP contribution is 2.39. The Morgan fingerprint density at radius 1 is 0.427 bits per heavy atom. The molecule has 0 aliphatic carbocycles. The van der Waals surface area contributed by atoms with Crippen molar-refractivity contribution in [3.05, 3.63) is 12.2 Å². The van der Waals surface area contributed by atoms with Gasteiger partial charge >= 0.3 is 5.97 Å². The van der Waals surface area contributed by atoms with E-state index in [1.54, 1.807) is 6.08 Å². The molecule has 0 aromatic heterocycles. The molecule has 6 fully saturated rings. The molecule has 0 radical (unpaired) electrons. The van der Waals surface area contributed by atoms with Gasteiger partial charge in [-0.1, -0.05) is 219 Å².